The molecule has 82 valence electrons. The highest BCUT2D eigenvalue weighted by Crippen LogP contribution is 2.18. The van der Waals surface area contributed by atoms with Gasteiger partial charge in [0.05, 0.1) is 19.0 Å². The SMILES string of the molecule is BrCc1cc(Br)sn1.Cc1cc(Br)sn1. The van der Waals surface area contributed by atoms with Gasteiger partial charge in [-0.05, 0) is 74.0 Å². The lowest BCUT2D eigenvalue weighted by Crippen LogP contribution is -1.68. The summed E-state index contributed by atoms with van der Waals surface area (Å²) < 4.78 is 10.3. The van der Waals surface area contributed by atoms with E-state index in [1.165, 1.54) is 23.1 Å². The number of rotatable bonds is 1. The first-order chi connectivity index (χ1) is 7.11. The van der Waals surface area contributed by atoms with Crippen molar-refractivity contribution in [2.45, 2.75) is 12.3 Å². The minimum Gasteiger partial charge on any atom is -0.197 e. The van der Waals surface area contributed by atoms with Crippen LogP contribution in [0, 0.1) is 6.92 Å². The zero-order valence-corrected chi connectivity index (χ0v) is 14.1. The van der Waals surface area contributed by atoms with Gasteiger partial charge in [-0.3, -0.25) is 0 Å². The lowest BCUT2D eigenvalue weighted by molar-refractivity contribution is 1.32. The number of halogens is 3. The molecule has 0 bridgehead atoms. The first kappa shape index (κ1) is 13.8. The van der Waals surface area contributed by atoms with Crippen molar-refractivity contribution in [2.24, 2.45) is 0 Å². The van der Waals surface area contributed by atoms with Crippen LogP contribution in [0.3, 0.4) is 0 Å². The molecule has 2 aromatic heterocycles. The van der Waals surface area contributed by atoms with Crippen LogP contribution in [0.25, 0.3) is 0 Å². The van der Waals surface area contributed by atoms with Crippen LogP contribution in [0.4, 0.5) is 0 Å². The summed E-state index contributed by atoms with van der Waals surface area (Å²) in [5.74, 6) is 0. The van der Waals surface area contributed by atoms with Crippen LogP contribution in [0.5, 0.6) is 0 Å². The predicted octanol–water partition coefficient (Wildman–Crippen LogP) is 5.01. The lowest BCUT2D eigenvalue weighted by atomic mass is 10.5. The summed E-state index contributed by atoms with van der Waals surface area (Å²) in [7, 11) is 0. The zero-order chi connectivity index (χ0) is 11.3. The molecule has 0 aliphatic rings. The summed E-state index contributed by atoms with van der Waals surface area (Å²) in [6.07, 6.45) is 0. The Bertz CT molecular complexity index is 397. The maximum atomic E-state index is 4.08. The largest absolute Gasteiger partial charge is 0.197 e. The number of nitrogens with zero attached hydrogens (tertiary/aromatic N) is 2. The van der Waals surface area contributed by atoms with Crippen LogP contribution >= 0.6 is 70.9 Å². The van der Waals surface area contributed by atoms with Gasteiger partial charge in [-0.2, -0.15) is 8.75 Å². The molecule has 0 radical (unpaired) electrons. The first-order valence-corrected chi connectivity index (χ1v) is 8.13. The van der Waals surface area contributed by atoms with Crippen LogP contribution in [0.1, 0.15) is 11.4 Å². The molecule has 0 N–H and O–H groups in total. The van der Waals surface area contributed by atoms with Crippen molar-refractivity contribution >= 4 is 70.9 Å². The fraction of sp³-hybridized carbons (Fsp3) is 0.250. The molecule has 0 atom stereocenters. The minimum absolute atomic E-state index is 0.842. The second-order valence-corrected chi connectivity index (χ2v) is 7.46. The van der Waals surface area contributed by atoms with Crippen LogP contribution in [-0.4, -0.2) is 8.75 Å². The van der Waals surface area contributed by atoms with Gasteiger partial charge in [-0.1, -0.05) is 15.9 Å². The average Bonchev–Trinajstić information content (AvgIpc) is 2.76. The quantitative estimate of drug-likeness (QED) is 0.589. The Morgan fingerprint density at radius 2 is 1.73 bits per heavy atom. The number of alkyl halides is 1. The lowest BCUT2D eigenvalue weighted by Gasteiger charge is -1.75. The molecule has 0 fully saturated rings. The summed E-state index contributed by atoms with van der Waals surface area (Å²) in [6, 6.07) is 3.99. The van der Waals surface area contributed by atoms with E-state index in [9.17, 15) is 0 Å². The van der Waals surface area contributed by atoms with E-state index >= 15 is 0 Å². The second-order valence-electron chi connectivity index (χ2n) is 2.53. The van der Waals surface area contributed by atoms with Crippen molar-refractivity contribution in [3.8, 4) is 0 Å². The fourth-order valence-electron chi connectivity index (χ4n) is 0.681. The maximum absolute atomic E-state index is 4.08. The summed E-state index contributed by atoms with van der Waals surface area (Å²) in [6.45, 7) is 1.97. The topological polar surface area (TPSA) is 25.8 Å². The molecule has 0 unspecified atom stereocenters. The van der Waals surface area contributed by atoms with Gasteiger partial charge in [0, 0.05) is 5.33 Å². The van der Waals surface area contributed by atoms with E-state index in [-0.39, 0.29) is 0 Å². The molecule has 2 heterocycles. The van der Waals surface area contributed by atoms with E-state index in [0.717, 1.165) is 24.3 Å². The van der Waals surface area contributed by atoms with Crippen molar-refractivity contribution in [2.75, 3.05) is 0 Å². The number of hydrogen-bond acceptors (Lipinski definition) is 4. The Balaban J connectivity index is 0.000000151. The van der Waals surface area contributed by atoms with Crippen molar-refractivity contribution in [3.05, 3.63) is 31.1 Å². The van der Waals surface area contributed by atoms with Gasteiger partial charge in [-0.15, -0.1) is 0 Å². The molecule has 0 spiro atoms. The predicted molar refractivity (Wildman–Crippen MR) is 77.0 cm³/mol. The van der Waals surface area contributed by atoms with Crippen LogP contribution < -0.4 is 0 Å². The van der Waals surface area contributed by atoms with Crippen molar-refractivity contribution in [3.63, 3.8) is 0 Å². The molecule has 2 aromatic rings. The number of hydrogen-bond donors (Lipinski definition) is 0. The molecule has 2 nitrogen and oxygen atoms in total. The molecule has 0 amide bonds. The van der Waals surface area contributed by atoms with Gasteiger partial charge in [-0.25, -0.2) is 0 Å². The molecule has 0 aliphatic carbocycles. The Labute approximate surface area is 122 Å². The van der Waals surface area contributed by atoms with Crippen molar-refractivity contribution in [1.29, 1.82) is 0 Å². The summed E-state index contributed by atoms with van der Waals surface area (Å²) in [5.41, 5.74) is 2.17. The molecule has 0 aromatic carbocycles. The number of aromatic nitrogens is 2. The highest BCUT2D eigenvalue weighted by molar-refractivity contribution is 9.11. The van der Waals surface area contributed by atoms with E-state index in [0.29, 0.717) is 0 Å². The summed E-state index contributed by atoms with van der Waals surface area (Å²) >= 11 is 12.8. The smallest absolute Gasteiger partial charge is 0.0908 e. The zero-order valence-electron chi connectivity index (χ0n) is 7.71. The monoisotopic (exact) mass is 432 g/mol. The van der Waals surface area contributed by atoms with Gasteiger partial charge in [0.15, 0.2) is 0 Å². The third-order valence-electron chi connectivity index (χ3n) is 1.27. The van der Waals surface area contributed by atoms with Crippen LogP contribution in [0.15, 0.2) is 19.7 Å². The Hall–Kier alpha value is 0.700. The number of aryl methyl sites for hydroxylation is 1. The van der Waals surface area contributed by atoms with Crippen LogP contribution in [0.2, 0.25) is 0 Å². The molecular formula is C8H7Br3N2S2. The molecule has 15 heavy (non-hydrogen) atoms. The molecule has 7 heteroatoms. The average molecular weight is 435 g/mol. The van der Waals surface area contributed by atoms with Gasteiger partial charge in [0.25, 0.3) is 0 Å². The van der Waals surface area contributed by atoms with Gasteiger partial charge in [0.1, 0.15) is 0 Å². The van der Waals surface area contributed by atoms with E-state index in [1.807, 2.05) is 19.1 Å². The van der Waals surface area contributed by atoms with Crippen LogP contribution in [-0.2, 0) is 5.33 Å². The maximum Gasteiger partial charge on any atom is 0.0908 e. The molecule has 2 rings (SSSR count). The highest BCUT2D eigenvalue weighted by atomic mass is 79.9. The fourth-order valence-corrected chi connectivity index (χ4v) is 3.18. The third-order valence-corrected chi connectivity index (χ3v) is 4.46. The Morgan fingerprint density at radius 1 is 1.13 bits per heavy atom. The summed E-state index contributed by atoms with van der Waals surface area (Å²) in [4.78, 5) is 0. The van der Waals surface area contributed by atoms with Crippen molar-refractivity contribution < 1.29 is 0 Å². The normalized spacial score (nSPS) is 9.60. The van der Waals surface area contributed by atoms with E-state index in [4.69, 9.17) is 0 Å². The Kier molecular flexibility index (Phi) is 6.52. The molecule has 0 aliphatic heterocycles. The molecule has 0 saturated heterocycles. The molecule has 0 saturated carbocycles. The van der Waals surface area contributed by atoms with Gasteiger partial charge in [0.2, 0.25) is 0 Å². The first-order valence-electron chi connectivity index (χ1n) is 3.87. The highest BCUT2D eigenvalue weighted by Gasteiger charge is 1.94. The van der Waals surface area contributed by atoms with E-state index in [1.54, 1.807) is 0 Å². The standard InChI is InChI=1S/C4H3Br2NS.C4H4BrNS/c5-2-3-1-4(6)8-7-3;1-3-2-4(5)7-6-3/h1H,2H2;2H,1H3. The van der Waals surface area contributed by atoms with E-state index in [2.05, 4.69) is 56.5 Å². The Morgan fingerprint density at radius 3 is 1.93 bits per heavy atom. The summed E-state index contributed by atoms with van der Waals surface area (Å²) in [5, 5.41) is 0.842. The van der Waals surface area contributed by atoms with Gasteiger partial charge < -0.3 is 0 Å². The second kappa shape index (κ2) is 7.11. The van der Waals surface area contributed by atoms with Crippen molar-refractivity contribution in [1.82, 2.24) is 8.75 Å². The third kappa shape index (κ3) is 5.53. The minimum atomic E-state index is 0.842. The van der Waals surface area contributed by atoms with E-state index < -0.39 is 0 Å². The van der Waals surface area contributed by atoms with Gasteiger partial charge >= 0.3 is 0 Å². The molecular weight excluding hydrogens is 428 g/mol.